The molecule has 1 aliphatic rings. The minimum Gasteiger partial charge on any atom is -0.493 e. The molecule has 1 aliphatic heterocycles. The van der Waals surface area contributed by atoms with Crippen molar-refractivity contribution in [2.45, 2.75) is 6.42 Å². The maximum Gasteiger partial charge on any atom is 0.259 e. The molecule has 1 amide bonds. The van der Waals surface area contributed by atoms with E-state index in [1.807, 2.05) is 6.07 Å². The Morgan fingerprint density at radius 3 is 2.84 bits per heavy atom. The third kappa shape index (κ3) is 3.27. The number of rotatable bonds is 4. The number of pyridine rings is 1. The van der Waals surface area contributed by atoms with E-state index in [4.69, 9.17) is 9.15 Å². The zero-order valence-corrected chi connectivity index (χ0v) is 17.7. The molecule has 0 unspecified atom stereocenters. The average molecular weight is 437 g/mol. The van der Waals surface area contributed by atoms with Crippen LogP contribution < -0.4 is 14.4 Å². The number of benzene rings is 2. The first-order valence-electron chi connectivity index (χ1n) is 9.61. The van der Waals surface area contributed by atoms with Gasteiger partial charge in [-0.3, -0.25) is 14.5 Å². The molecule has 31 heavy (non-hydrogen) atoms. The van der Waals surface area contributed by atoms with E-state index in [1.165, 1.54) is 7.11 Å². The maximum absolute atomic E-state index is 13.6. The summed E-state index contributed by atoms with van der Waals surface area (Å²) in [4.78, 5) is 19.5. The van der Waals surface area contributed by atoms with Crippen LogP contribution in [-0.4, -0.2) is 39.2 Å². The molecule has 0 aliphatic carbocycles. The van der Waals surface area contributed by atoms with Crippen LogP contribution in [-0.2, 0) is 16.4 Å². The van der Waals surface area contributed by atoms with Gasteiger partial charge in [0.25, 0.3) is 5.91 Å². The molecular weight excluding hydrogens is 418 g/mol. The predicted molar refractivity (Wildman–Crippen MR) is 118 cm³/mol. The Labute approximate surface area is 178 Å². The fourth-order valence-electron chi connectivity index (χ4n) is 4.06. The van der Waals surface area contributed by atoms with Crippen molar-refractivity contribution in [3.8, 4) is 5.75 Å². The van der Waals surface area contributed by atoms with Crippen LogP contribution in [0, 0.1) is 0 Å². The van der Waals surface area contributed by atoms with Gasteiger partial charge >= 0.3 is 0 Å². The van der Waals surface area contributed by atoms with Crippen molar-refractivity contribution in [2.75, 3.05) is 29.5 Å². The molecule has 5 rings (SSSR count). The van der Waals surface area contributed by atoms with Crippen LogP contribution in [0.3, 0.4) is 0 Å². The number of amides is 1. The zero-order chi connectivity index (χ0) is 21.8. The van der Waals surface area contributed by atoms with Crippen molar-refractivity contribution >= 4 is 49.2 Å². The van der Waals surface area contributed by atoms with Crippen LogP contribution in [0.4, 0.5) is 11.4 Å². The van der Waals surface area contributed by atoms with Crippen molar-refractivity contribution in [1.82, 2.24) is 4.98 Å². The number of carbonyl (C=O) groups excluding carboxylic acids is 1. The monoisotopic (exact) mass is 437 g/mol. The summed E-state index contributed by atoms with van der Waals surface area (Å²) in [7, 11) is -1.92. The van der Waals surface area contributed by atoms with Crippen LogP contribution in [0.1, 0.15) is 15.9 Å². The summed E-state index contributed by atoms with van der Waals surface area (Å²) < 4.78 is 37.3. The van der Waals surface area contributed by atoms with Crippen LogP contribution in [0.15, 0.2) is 53.2 Å². The van der Waals surface area contributed by atoms with Gasteiger partial charge in [0, 0.05) is 35.4 Å². The van der Waals surface area contributed by atoms with Crippen molar-refractivity contribution in [3.05, 3.63) is 59.9 Å². The molecule has 8 nitrogen and oxygen atoms in total. The van der Waals surface area contributed by atoms with Gasteiger partial charge in [-0.25, -0.2) is 8.42 Å². The van der Waals surface area contributed by atoms with Crippen molar-refractivity contribution in [3.63, 3.8) is 0 Å². The quantitative estimate of drug-likeness (QED) is 0.524. The lowest BCUT2D eigenvalue weighted by atomic mass is 10.0. The highest BCUT2D eigenvalue weighted by Crippen LogP contribution is 2.39. The predicted octanol–water partition coefficient (Wildman–Crippen LogP) is 3.56. The number of carbonyl (C=O) groups is 1. The summed E-state index contributed by atoms with van der Waals surface area (Å²) in [5, 5.41) is 1.21. The van der Waals surface area contributed by atoms with Crippen molar-refractivity contribution in [2.24, 2.45) is 0 Å². The Bertz CT molecular complexity index is 1460. The standard InChI is InChI=1S/C22H19N3O5S/c1-29-19-6-4-15(22(26)25-10-8-13-12-23-9-7-17(13)25)20-16-11-14(24-31(2,27)28)3-5-18(16)30-21(19)20/h3-7,9,11-12,24H,8,10H2,1-2H3. The second kappa shape index (κ2) is 6.98. The van der Waals surface area contributed by atoms with E-state index in [1.54, 1.807) is 47.6 Å². The summed E-state index contributed by atoms with van der Waals surface area (Å²) in [5.74, 6) is 0.327. The smallest absolute Gasteiger partial charge is 0.259 e. The van der Waals surface area contributed by atoms with Gasteiger partial charge < -0.3 is 14.1 Å². The van der Waals surface area contributed by atoms with E-state index in [9.17, 15) is 13.2 Å². The average Bonchev–Trinajstić information content (AvgIpc) is 3.33. The molecule has 2 aromatic carbocycles. The Kier molecular flexibility index (Phi) is 4.37. The Balaban J connectivity index is 1.72. The van der Waals surface area contributed by atoms with Crippen LogP contribution in [0.2, 0.25) is 0 Å². The van der Waals surface area contributed by atoms with Crippen LogP contribution >= 0.6 is 0 Å². The minimum atomic E-state index is -3.45. The second-order valence-electron chi connectivity index (χ2n) is 7.42. The van der Waals surface area contributed by atoms with Crippen molar-refractivity contribution < 1.29 is 22.4 Å². The molecule has 0 saturated carbocycles. The highest BCUT2D eigenvalue weighted by molar-refractivity contribution is 7.92. The summed E-state index contributed by atoms with van der Waals surface area (Å²) in [6.07, 6.45) is 5.28. The fourth-order valence-corrected chi connectivity index (χ4v) is 4.61. The van der Waals surface area contributed by atoms with Gasteiger partial charge in [-0.2, -0.15) is 0 Å². The van der Waals surface area contributed by atoms with E-state index >= 15 is 0 Å². The number of furan rings is 1. The first-order chi connectivity index (χ1) is 14.9. The van der Waals surface area contributed by atoms with Gasteiger partial charge in [-0.05, 0) is 48.4 Å². The molecule has 0 atom stereocenters. The number of ether oxygens (including phenoxy) is 1. The zero-order valence-electron chi connectivity index (χ0n) is 16.9. The van der Waals surface area contributed by atoms with Gasteiger partial charge in [-0.1, -0.05) is 0 Å². The van der Waals surface area contributed by atoms with Gasteiger partial charge in [-0.15, -0.1) is 0 Å². The first-order valence-corrected chi connectivity index (χ1v) is 11.5. The van der Waals surface area contributed by atoms with Gasteiger partial charge in [0.15, 0.2) is 11.3 Å². The van der Waals surface area contributed by atoms with E-state index in [2.05, 4.69) is 9.71 Å². The molecule has 2 aromatic heterocycles. The fraction of sp³-hybridized carbons (Fsp3) is 0.182. The second-order valence-corrected chi connectivity index (χ2v) is 9.17. The third-order valence-corrected chi connectivity index (χ3v) is 5.96. The lowest BCUT2D eigenvalue weighted by Gasteiger charge is -2.18. The van der Waals surface area contributed by atoms with Crippen LogP contribution in [0.5, 0.6) is 5.75 Å². The number of hydrogen-bond donors (Lipinski definition) is 1. The third-order valence-electron chi connectivity index (χ3n) is 5.35. The molecule has 9 heteroatoms. The van der Waals surface area contributed by atoms with E-state index in [0.29, 0.717) is 45.5 Å². The number of hydrogen-bond acceptors (Lipinski definition) is 6. The van der Waals surface area contributed by atoms with E-state index in [-0.39, 0.29) is 5.91 Å². The van der Waals surface area contributed by atoms with Gasteiger partial charge in [0.1, 0.15) is 5.58 Å². The summed E-state index contributed by atoms with van der Waals surface area (Å²) in [6, 6.07) is 10.2. The Hall–Kier alpha value is -3.59. The highest BCUT2D eigenvalue weighted by atomic mass is 32.2. The highest BCUT2D eigenvalue weighted by Gasteiger charge is 2.28. The molecule has 3 heterocycles. The SMILES string of the molecule is COc1ccc(C(=O)N2CCc3cnccc32)c2c1oc1ccc(NS(C)(=O)=O)cc12. The molecule has 0 saturated heterocycles. The number of sulfonamides is 1. The molecule has 0 radical (unpaired) electrons. The number of nitrogens with one attached hydrogen (secondary N) is 1. The Morgan fingerprint density at radius 2 is 2.06 bits per heavy atom. The molecule has 158 valence electrons. The summed E-state index contributed by atoms with van der Waals surface area (Å²) in [5.41, 5.74) is 3.67. The molecule has 0 spiro atoms. The van der Waals surface area contributed by atoms with E-state index < -0.39 is 10.0 Å². The summed E-state index contributed by atoms with van der Waals surface area (Å²) >= 11 is 0. The number of fused-ring (bicyclic) bond motifs is 4. The molecule has 0 fully saturated rings. The van der Waals surface area contributed by atoms with Crippen molar-refractivity contribution in [1.29, 1.82) is 0 Å². The normalized spacial score (nSPS) is 13.5. The number of aromatic nitrogens is 1. The maximum atomic E-state index is 13.6. The lowest BCUT2D eigenvalue weighted by molar-refractivity contribution is 0.0991. The molecule has 0 bridgehead atoms. The molecular formula is C22H19N3O5S. The number of nitrogens with zero attached hydrogens (tertiary/aromatic N) is 2. The minimum absolute atomic E-state index is 0.165. The van der Waals surface area contributed by atoms with Gasteiger partial charge in [0.2, 0.25) is 10.0 Å². The largest absolute Gasteiger partial charge is 0.493 e. The van der Waals surface area contributed by atoms with E-state index in [0.717, 1.165) is 23.9 Å². The molecule has 4 aromatic rings. The molecule has 1 N–H and O–H groups in total. The topological polar surface area (TPSA) is 102 Å². The first kappa shape index (κ1) is 19.4. The Morgan fingerprint density at radius 1 is 1.23 bits per heavy atom. The number of methoxy groups -OCH3 is 1. The van der Waals surface area contributed by atoms with Crippen LogP contribution in [0.25, 0.3) is 21.9 Å². The summed E-state index contributed by atoms with van der Waals surface area (Å²) in [6.45, 7) is 0.560. The lowest BCUT2D eigenvalue weighted by Crippen LogP contribution is -2.29. The number of anilines is 2. The van der Waals surface area contributed by atoms with Gasteiger partial charge in [0.05, 0.1) is 24.6 Å².